The lowest BCUT2D eigenvalue weighted by Gasteiger charge is -2.09. The van der Waals surface area contributed by atoms with Crippen LogP contribution in [0.5, 0.6) is 34.5 Å². The predicted octanol–water partition coefficient (Wildman–Crippen LogP) is 5.64. The van der Waals surface area contributed by atoms with Crippen molar-refractivity contribution in [3.05, 3.63) is 108 Å². The van der Waals surface area contributed by atoms with Gasteiger partial charge in [0.1, 0.15) is 34.5 Å². The van der Waals surface area contributed by atoms with Crippen LogP contribution in [-0.4, -0.2) is 20.4 Å². The van der Waals surface area contributed by atoms with Crippen LogP contribution in [0.15, 0.2) is 97.1 Å². The van der Waals surface area contributed by atoms with Gasteiger partial charge in [0.15, 0.2) is 0 Å². The first-order valence-electron chi connectivity index (χ1n) is 9.68. The fourth-order valence-corrected chi connectivity index (χ4v) is 2.84. The third-order valence-corrected chi connectivity index (χ3v) is 4.49. The molecule has 0 radical (unpaired) electrons. The smallest absolute Gasteiger partial charge is 0.127 e. The van der Waals surface area contributed by atoms with Crippen LogP contribution >= 0.6 is 0 Å². The van der Waals surface area contributed by atoms with Crippen molar-refractivity contribution in [2.75, 3.05) is 0 Å². The summed E-state index contributed by atoms with van der Waals surface area (Å²) < 4.78 is 5.47. The molecule has 0 saturated heterocycles. The van der Waals surface area contributed by atoms with E-state index in [1.54, 1.807) is 97.1 Å². The highest BCUT2D eigenvalue weighted by molar-refractivity contribution is 5.41. The van der Waals surface area contributed by atoms with Gasteiger partial charge in [-0.2, -0.15) is 5.26 Å². The molecule has 6 nitrogen and oxygen atoms in total. The number of benzene rings is 4. The lowest BCUT2D eigenvalue weighted by Crippen LogP contribution is -1.97. The SMILES string of the molecule is N#CC(c1ccc(O)cc1)c1ccc(O)cc1.Oc1ccc(Oc2ccc(O)cc2)cc1. The molecule has 0 spiro atoms. The molecule has 0 saturated carbocycles. The highest BCUT2D eigenvalue weighted by Gasteiger charge is 2.13. The van der Waals surface area contributed by atoms with Crippen molar-refractivity contribution < 1.29 is 25.2 Å². The number of rotatable bonds is 4. The molecule has 4 aromatic carbocycles. The van der Waals surface area contributed by atoms with Crippen molar-refractivity contribution in [1.29, 1.82) is 5.26 Å². The molecule has 0 atom stereocenters. The summed E-state index contributed by atoms with van der Waals surface area (Å²) in [4.78, 5) is 0. The second kappa shape index (κ2) is 10.4. The third-order valence-electron chi connectivity index (χ3n) is 4.49. The Kier molecular flexibility index (Phi) is 7.18. The quantitative estimate of drug-likeness (QED) is 0.335. The van der Waals surface area contributed by atoms with E-state index in [-0.39, 0.29) is 23.0 Å². The van der Waals surface area contributed by atoms with Crippen LogP contribution < -0.4 is 4.74 Å². The van der Waals surface area contributed by atoms with E-state index in [4.69, 9.17) is 14.9 Å². The van der Waals surface area contributed by atoms with Gasteiger partial charge in [0.25, 0.3) is 0 Å². The molecule has 0 bridgehead atoms. The molecular weight excluding hydrogens is 406 g/mol. The van der Waals surface area contributed by atoms with Gasteiger partial charge in [-0.3, -0.25) is 0 Å². The maximum atomic E-state index is 9.20. The van der Waals surface area contributed by atoms with E-state index >= 15 is 0 Å². The Morgan fingerprint density at radius 3 is 1.06 bits per heavy atom. The van der Waals surface area contributed by atoms with Crippen LogP contribution in [0.2, 0.25) is 0 Å². The maximum absolute atomic E-state index is 9.20. The minimum Gasteiger partial charge on any atom is -0.508 e. The van der Waals surface area contributed by atoms with E-state index < -0.39 is 5.92 Å². The topological polar surface area (TPSA) is 114 Å². The van der Waals surface area contributed by atoms with Gasteiger partial charge in [0.05, 0.1) is 12.0 Å². The number of hydrogen-bond donors (Lipinski definition) is 4. The molecule has 0 aromatic heterocycles. The Labute approximate surface area is 185 Å². The molecule has 0 amide bonds. The number of nitriles is 1. The first-order chi connectivity index (χ1) is 15.4. The Bertz CT molecular complexity index is 1070. The maximum Gasteiger partial charge on any atom is 0.127 e. The zero-order valence-corrected chi connectivity index (χ0v) is 17.0. The molecule has 0 aliphatic carbocycles. The van der Waals surface area contributed by atoms with Crippen molar-refractivity contribution >= 4 is 0 Å². The normalized spacial score (nSPS) is 10.0. The molecule has 0 aliphatic heterocycles. The van der Waals surface area contributed by atoms with Crippen LogP contribution in [0.4, 0.5) is 0 Å². The van der Waals surface area contributed by atoms with E-state index in [9.17, 15) is 15.5 Å². The Balaban J connectivity index is 0.000000182. The summed E-state index contributed by atoms with van der Waals surface area (Å²) in [6, 6.07) is 28.2. The molecule has 32 heavy (non-hydrogen) atoms. The number of phenols is 4. The summed E-state index contributed by atoms with van der Waals surface area (Å²) in [5, 5.41) is 45.7. The van der Waals surface area contributed by atoms with Gasteiger partial charge in [0, 0.05) is 0 Å². The van der Waals surface area contributed by atoms with E-state index in [1.807, 2.05) is 0 Å². The highest BCUT2D eigenvalue weighted by atomic mass is 16.5. The fourth-order valence-electron chi connectivity index (χ4n) is 2.84. The average molecular weight is 427 g/mol. The third kappa shape index (κ3) is 6.18. The lowest BCUT2D eigenvalue weighted by atomic mass is 9.92. The van der Waals surface area contributed by atoms with Crippen molar-refractivity contribution in [2.24, 2.45) is 0 Å². The van der Waals surface area contributed by atoms with Crippen molar-refractivity contribution in [1.82, 2.24) is 0 Å². The molecule has 160 valence electrons. The van der Waals surface area contributed by atoms with E-state index in [2.05, 4.69) is 6.07 Å². The molecule has 0 fully saturated rings. The van der Waals surface area contributed by atoms with Gasteiger partial charge in [-0.15, -0.1) is 0 Å². The second-order valence-corrected chi connectivity index (χ2v) is 6.84. The van der Waals surface area contributed by atoms with E-state index in [0.717, 1.165) is 11.1 Å². The lowest BCUT2D eigenvalue weighted by molar-refractivity contribution is 0.459. The summed E-state index contributed by atoms with van der Waals surface area (Å²) in [5.41, 5.74) is 1.63. The standard InChI is InChI=1S/C14H11NO2.C12H10O3/c15-9-14(10-1-5-12(16)6-2-10)11-3-7-13(17)8-4-11;13-9-1-5-11(6-2-9)15-12-7-3-10(14)4-8-12/h1-8,14,16-17H;1-8,13-14H. The zero-order chi connectivity index (χ0) is 22.9. The summed E-state index contributed by atoms with van der Waals surface area (Å²) in [6.45, 7) is 0. The first kappa shape index (κ1) is 22.1. The molecule has 6 heteroatoms. The molecule has 4 rings (SSSR count). The van der Waals surface area contributed by atoms with Crippen LogP contribution in [-0.2, 0) is 0 Å². The molecule has 0 aliphatic rings. The number of aromatic hydroxyl groups is 4. The molecular formula is C26H21NO5. The van der Waals surface area contributed by atoms with Crippen molar-refractivity contribution in [2.45, 2.75) is 5.92 Å². The highest BCUT2D eigenvalue weighted by Crippen LogP contribution is 2.27. The first-order valence-corrected chi connectivity index (χ1v) is 9.68. The van der Waals surface area contributed by atoms with Gasteiger partial charge < -0.3 is 25.2 Å². The molecule has 0 heterocycles. The van der Waals surface area contributed by atoms with Crippen molar-refractivity contribution in [3.8, 4) is 40.6 Å². The number of ether oxygens (including phenoxy) is 1. The largest absolute Gasteiger partial charge is 0.508 e. The number of nitrogens with zero attached hydrogens (tertiary/aromatic N) is 1. The Hall–Kier alpha value is -4.63. The van der Waals surface area contributed by atoms with Gasteiger partial charge in [-0.1, -0.05) is 24.3 Å². The summed E-state index contributed by atoms with van der Waals surface area (Å²) in [5.74, 6) is 1.64. The summed E-state index contributed by atoms with van der Waals surface area (Å²) >= 11 is 0. The van der Waals surface area contributed by atoms with Gasteiger partial charge in [0.2, 0.25) is 0 Å². The average Bonchev–Trinajstić information content (AvgIpc) is 2.80. The monoisotopic (exact) mass is 427 g/mol. The van der Waals surface area contributed by atoms with E-state index in [0.29, 0.717) is 11.5 Å². The summed E-state index contributed by atoms with van der Waals surface area (Å²) in [7, 11) is 0. The summed E-state index contributed by atoms with van der Waals surface area (Å²) in [6.07, 6.45) is 0. The van der Waals surface area contributed by atoms with Crippen LogP contribution in [0.25, 0.3) is 0 Å². The van der Waals surface area contributed by atoms with E-state index in [1.165, 1.54) is 0 Å². The van der Waals surface area contributed by atoms with Gasteiger partial charge >= 0.3 is 0 Å². The van der Waals surface area contributed by atoms with Gasteiger partial charge in [-0.25, -0.2) is 0 Å². The van der Waals surface area contributed by atoms with Crippen LogP contribution in [0.1, 0.15) is 17.0 Å². The predicted molar refractivity (Wildman–Crippen MR) is 120 cm³/mol. The Morgan fingerprint density at radius 1 is 0.500 bits per heavy atom. The molecule has 4 N–H and O–H groups in total. The fraction of sp³-hybridized carbons (Fsp3) is 0.0385. The molecule has 4 aromatic rings. The number of phenolic OH excluding ortho intramolecular Hbond substituents is 4. The molecule has 0 unspecified atom stereocenters. The number of hydrogen-bond acceptors (Lipinski definition) is 6. The van der Waals surface area contributed by atoms with Crippen LogP contribution in [0, 0.1) is 11.3 Å². The Morgan fingerprint density at radius 2 is 0.781 bits per heavy atom. The van der Waals surface area contributed by atoms with Gasteiger partial charge in [-0.05, 0) is 83.9 Å². The minimum atomic E-state index is -0.392. The van der Waals surface area contributed by atoms with Crippen molar-refractivity contribution in [3.63, 3.8) is 0 Å². The second-order valence-electron chi connectivity index (χ2n) is 6.84. The zero-order valence-electron chi connectivity index (χ0n) is 17.0. The minimum absolute atomic E-state index is 0.177. The van der Waals surface area contributed by atoms with Crippen LogP contribution in [0.3, 0.4) is 0 Å².